The molecule has 0 spiro atoms. The molecule has 3 nitrogen and oxygen atoms in total. The maximum absolute atomic E-state index is 13.7. The minimum atomic E-state index is -0.198. The van der Waals surface area contributed by atoms with Crippen molar-refractivity contribution in [3.05, 3.63) is 65.1 Å². The number of phenols is 1. The topological polar surface area (TPSA) is 39.3 Å². The number of benzene rings is 2. The monoisotopic (exact) mass is 350 g/mol. The SMILES string of the molecule is CN1CCC2(c3cccc(O)c3)Cc3[nH]c4cc(F)ccc4c3CC2C1. The van der Waals surface area contributed by atoms with Gasteiger partial charge in [-0.2, -0.15) is 0 Å². The van der Waals surface area contributed by atoms with Crippen LogP contribution in [0.15, 0.2) is 42.5 Å². The minimum Gasteiger partial charge on any atom is -0.508 e. The molecular weight excluding hydrogens is 327 g/mol. The molecule has 0 amide bonds. The first-order chi connectivity index (χ1) is 12.5. The van der Waals surface area contributed by atoms with Crippen molar-refractivity contribution in [1.82, 2.24) is 9.88 Å². The third-order valence-electron chi connectivity index (χ3n) is 6.57. The Morgan fingerprint density at radius 2 is 2.12 bits per heavy atom. The normalized spacial score (nSPS) is 25.8. The lowest BCUT2D eigenvalue weighted by atomic mass is 9.59. The first kappa shape index (κ1) is 15.9. The van der Waals surface area contributed by atoms with Crippen LogP contribution in [-0.4, -0.2) is 35.1 Å². The number of aromatic hydroxyl groups is 1. The Balaban J connectivity index is 1.68. The second kappa shape index (κ2) is 5.58. The Hall–Kier alpha value is -2.33. The lowest BCUT2D eigenvalue weighted by Gasteiger charge is -2.50. The third kappa shape index (κ3) is 2.28. The number of piperidine rings is 1. The van der Waals surface area contributed by atoms with Crippen LogP contribution in [0.3, 0.4) is 0 Å². The summed E-state index contributed by atoms with van der Waals surface area (Å²) in [6.45, 7) is 2.10. The second-order valence-corrected chi connectivity index (χ2v) is 8.07. The Morgan fingerprint density at radius 3 is 2.96 bits per heavy atom. The number of halogens is 1. The van der Waals surface area contributed by atoms with E-state index < -0.39 is 0 Å². The fourth-order valence-electron chi connectivity index (χ4n) is 5.26. The summed E-state index contributed by atoms with van der Waals surface area (Å²) in [4.78, 5) is 5.90. The molecule has 2 N–H and O–H groups in total. The van der Waals surface area contributed by atoms with Crippen molar-refractivity contribution >= 4 is 10.9 Å². The number of hydrogen-bond donors (Lipinski definition) is 2. The minimum absolute atomic E-state index is 0.0255. The van der Waals surface area contributed by atoms with E-state index in [4.69, 9.17) is 0 Å². The Kier molecular flexibility index (Phi) is 3.41. The van der Waals surface area contributed by atoms with Gasteiger partial charge in [0, 0.05) is 28.6 Å². The number of hydrogen-bond acceptors (Lipinski definition) is 2. The molecule has 1 fully saturated rings. The molecule has 2 aliphatic rings. The van der Waals surface area contributed by atoms with Gasteiger partial charge in [0.2, 0.25) is 0 Å². The van der Waals surface area contributed by atoms with Gasteiger partial charge in [0.05, 0.1) is 0 Å². The largest absolute Gasteiger partial charge is 0.508 e. The lowest BCUT2D eigenvalue weighted by Crippen LogP contribution is -2.52. The number of aromatic amines is 1. The molecule has 2 atom stereocenters. The van der Waals surface area contributed by atoms with Crippen LogP contribution in [0.1, 0.15) is 23.2 Å². The number of likely N-dealkylation sites (tertiary alicyclic amines) is 1. The summed E-state index contributed by atoms with van der Waals surface area (Å²) in [6, 6.07) is 12.9. The molecule has 4 heteroatoms. The van der Waals surface area contributed by atoms with E-state index in [1.54, 1.807) is 18.2 Å². The van der Waals surface area contributed by atoms with Crippen LogP contribution in [0.25, 0.3) is 10.9 Å². The van der Waals surface area contributed by atoms with Gasteiger partial charge >= 0.3 is 0 Å². The highest BCUT2D eigenvalue weighted by Gasteiger charge is 2.47. The van der Waals surface area contributed by atoms with E-state index in [1.807, 2.05) is 18.2 Å². The lowest BCUT2D eigenvalue weighted by molar-refractivity contribution is 0.0994. The number of rotatable bonds is 1. The molecule has 3 aromatic rings. The first-order valence-electron chi connectivity index (χ1n) is 9.32. The number of fused-ring (bicyclic) bond motifs is 4. The van der Waals surface area contributed by atoms with Crippen molar-refractivity contribution in [1.29, 1.82) is 0 Å². The molecule has 1 saturated heterocycles. The van der Waals surface area contributed by atoms with E-state index in [0.717, 1.165) is 43.3 Å². The van der Waals surface area contributed by atoms with Crippen molar-refractivity contribution in [2.75, 3.05) is 20.1 Å². The van der Waals surface area contributed by atoms with Crippen molar-refractivity contribution in [3.8, 4) is 5.75 Å². The summed E-state index contributed by atoms with van der Waals surface area (Å²) in [7, 11) is 2.19. The van der Waals surface area contributed by atoms with Crippen LogP contribution < -0.4 is 0 Å². The summed E-state index contributed by atoms with van der Waals surface area (Å²) >= 11 is 0. The predicted octanol–water partition coefficient (Wildman–Crippen LogP) is 4.00. The van der Waals surface area contributed by atoms with Gasteiger partial charge in [-0.1, -0.05) is 12.1 Å². The van der Waals surface area contributed by atoms with Gasteiger partial charge in [0.1, 0.15) is 11.6 Å². The zero-order chi connectivity index (χ0) is 17.9. The molecule has 1 aromatic heterocycles. The molecule has 5 rings (SSSR count). The van der Waals surface area contributed by atoms with Gasteiger partial charge in [-0.25, -0.2) is 4.39 Å². The quantitative estimate of drug-likeness (QED) is 0.696. The Bertz CT molecular complexity index is 995. The van der Waals surface area contributed by atoms with Crippen LogP contribution in [0.5, 0.6) is 5.75 Å². The highest BCUT2D eigenvalue weighted by molar-refractivity contribution is 5.85. The summed E-state index contributed by atoms with van der Waals surface area (Å²) in [5.41, 5.74) is 4.72. The van der Waals surface area contributed by atoms with Crippen molar-refractivity contribution in [2.45, 2.75) is 24.7 Å². The molecule has 2 unspecified atom stereocenters. The zero-order valence-electron chi connectivity index (χ0n) is 14.9. The van der Waals surface area contributed by atoms with Crippen molar-refractivity contribution in [2.24, 2.45) is 5.92 Å². The molecule has 0 radical (unpaired) electrons. The Labute approximate surface area is 152 Å². The average Bonchev–Trinajstić information content (AvgIpc) is 2.95. The van der Waals surface area contributed by atoms with Crippen LogP contribution in [-0.2, 0) is 18.3 Å². The van der Waals surface area contributed by atoms with Gasteiger partial charge in [-0.15, -0.1) is 0 Å². The summed E-state index contributed by atoms with van der Waals surface area (Å²) in [6.07, 6.45) is 2.97. The van der Waals surface area contributed by atoms with E-state index in [0.29, 0.717) is 11.7 Å². The fraction of sp³-hybridized carbons (Fsp3) is 0.364. The molecule has 134 valence electrons. The van der Waals surface area contributed by atoms with Gasteiger partial charge in [-0.05, 0) is 80.2 Å². The van der Waals surface area contributed by atoms with Gasteiger partial charge in [0.25, 0.3) is 0 Å². The highest BCUT2D eigenvalue weighted by atomic mass is 19.1. The zero-order valence-corrected chi connectivity index (χ0v) is 14.9. The van der Waals surface area contributed by atoms with Crippen LogP contribution >= 0.6 is 0 Å². The molecule has 2 aromatic carbocycles. The number of nitrogens with zero attached hydrogens (tertiary/aromatic N) is 1. The summed E-state index contributed by atoms with van der Waals surface area (Å²) in [5.74, 6) is 0.620. The van der Waals surface area contributed by atoms with Crippen molar-refractivity contribution < 1.29 is 9.50 Å². The predicted molar refractivity (Wildman–Crippen MR) is 101 cm³/mol. The second-order valence-electron chi connectivity index (χ2n) is 8.07. The van der Waals surface area contributed by atoms with E-state index in [-0.39, 0.29) is 11.2 Å². The van der Waals surface area contributed by atoms with E-state index in [2.05, 4.69) is 23.0 Å². The van der Waals surface area contributed by atoms with Crippen molar-refractivity contribution in [3.63, 3.8) is 0 Å². The average molecular weight is 350 g/mol. The number of aromatic nitrogens is 1. The highest BCUT2D eigenvalue weighted by Crippen LogP contribution is 2.49. The van der Waals surface area contributed by atoms with E-state index >= 15 is 0 Å². The number of nitrogens with one attached hydrogen (secondary N) is 1. The fourth-order valence-corrected chi connectivity index (χ4v) is 5.26. The molecule has 26 heavy (non-hydrogen) atoms. The molecule has 0 bridgehead atoms. The summed E-state index contributed by atoms with van der Waals surface area (Å²) < 4.78 is 13.7. The molecule has 1 aliphatic heterocycles. The van der Waals surface area contributed by atoms with Crippen LogP contribution in [0, 0.1) is 11.7 Å². The van der Waals surface area contributed by atoms with E-state index in [1.165, 1.54) is 16.8 Å². The summed E-state index contributed by atoms with van der Waals surface area (Å²) in [5, 5.41) is 11.2. The number of phenolic OH excluding ortho intramolecular Hbond substituents is 1. The number of H-pyrrole nitrogens is 1. The van der Waals surface area contributed by atoms with Gasteiger partial charge in [-0.3, -0.25) is 0 Å². The molecule has 1 aliphatic carbocycles. The standard InChI is InChI=1S/C22H23FN2O/c1-25-8-7-22(14-3-2-4-17(26)9-14)12-21-19(10-15(22)13-25)18-6-5-16(23)11-20(18)24-21/h2-6,9,11,15,24,26H,7-8,10,12-13H2,1H3. The first-order valence-corrected chi connectivity index (χ1v) is 9.32. The molecule has 2 heterocycles. The molecule has 0 saturated carbocycles. The smallest absolute Gasteiger partial charge is 0.125 e. The molecular formula is C22H23FN2O. The Morgan fingerprint density at radius 1 is 1.23 bits per heavy atom. The maximum Gasteiger partial charge on any atom is 0.125 e. The van der Waals surface area contributed by atoms with Crippen LogP contribution in [0.4, 0.5) is 4.39 Å². The van der Waals surface area contributed by atoms with Crippen LogP contribution in [0.2, 0.25) is 0 Å². The maximum atomic E-state index is 13.7. The van der Waals surface area contributed by atoms with E-state index in [9.17, 15) is 9.50 Å². The van der Waals surface area contributed by atoms with Gasteiger partial charge < -0.3 is 15.0 Å². The van der Waals surface area contributed by atoms with Gasteiger partial charge in [0.15, 0.2) is 0 Å². The third-order valence-corrected chi connectivity index (χ3v) is 6.57.